The summed E-state index contributed by atoms with van der Waals surface area (Å²) in [5, 5.41) is 32.9. The summed E-state index contributed by atoms with van der Waals surface area (Å²) in [6, 6.07) is 0. The van der Waals surface area contributed by atoms with Crippen molar-refractivity contribution in [3.63, 3.8) is 0 Å². The van der Waals surface area contributed by atoms with Crippen LogP contribution < -0.4 is 0 Å². The van der Waals surface area contributed by atoms with Crippen LogP contribution in [0.5, 0.6) is 0 Å². The zero-order valence-corrected chi connectivity index (χ0v) is 17.1. The third-order valence-electron chi connectivity index (χ3n) is 5.32. The molecule has 0 aromatic rings. The largest absolute Gasteiger partial charge is 0.509 e. The fourth-order valence-electron chi connectivity index (χ4n) is 3.57. The van der Waals surface area contributed by atoms with Crippen molar-refractivity contribution < 1.29 is 24.9 Å². The molecule has 0 aromatic heterocycles. The molecule has 0 aliphatic heterocycles. The molecule has 3 N–H and O–H groups in total. The number of allylic oxidation sites excluding steroid dienone is 1. The van der Waals surface area contributed by atoms with E-state index in [0.717, 1.165) is 0 Å². The molecule has 0 radical (unpaired) electrons. The molecule has 1 aliphatic carbocycles. The molecule has 26 heavy (non-hydrogen) atoms. The Hall–Kier alpha value is -1.20. The van der Waals surface area contributed by atoms with Crippen LogP contribution in [0, 0.1) is 23.7 Å². The fourth-order valence-corrected chi connectivity index (χ4v) is 3.57. The summed E-state index contributed by atoms with van der Waals surface area (Å²) in [5.74, 6) is -1.79. The van der Waals surface area contributed by atoms with Gasteiger partial charge in [-0.15, -0.1) is 0 Å². The van der Waals surface area contributed by atoms with Gasteiger partial charge in [0.1, 0.15) is 11.5 Å². The highest BCUT2D eigenvalue weighted by Crippen LogP contribution is 2.42. The van der Waals surface area contributed by atoms with E-state index in [0.29, 0.717) is 31.1 Å². The highest BCUT2D eigenvalue weighted by atomic mass is 16.4. The number of rotatable bonds is 9. The molecular formula is C21H36O5. The van der Waals surface area contributed by atoms with E-state index in [1.54, 1.807) is 13.8 Å². The second-order valence-corrected chi connectivity index (χ2v) is 8.83. The molecule has 5 nitrogen and oxygen atoms in total. The van der Waals surface area contributed by atoms with E-state index in [4.69, 9.17) is 0 Å². The number of Topliss-reactive ketones (excluding diaryl/α,β-unsaturated/α-hetero) is 2. The van der Waals surface area contributed by atoms with E-state index in [-0.39, 0.29) is 30.0 Å². The average molecular weight is 369 g/mol. The standard InChI is InChI=1S/C21H36O5/c1-12(2)7-9-16-17(22)11-15(19(24)14(5)6)20(25)21(16,26)18(23)10-8-13(3)4/h12-14,16,18,23,25-26H,7-11H2,1-6H3/t16?,18-,21+/m0/s1. The third-order valence-corrected chi connectivity index (χ3v) is 5.32. The first kappa shape index (κ1) is 22.8. The predicted molar refractivity (Wildman–Crippen MR) is 102 cm³/mol. The zero-order chi connectivity index (χ0) is 20.2. The summed E-state index contributed by atoms with van der Waals surface area (Å²) < 4.78 is 0. The zero-order valence-electron chi connectivity index (χ0n) is 17.1. The molecule has 1 unspecified atom stereocenters. The van der Waals surface area contributed by atoms with Crippen molar-refractivity contribution in [2.24, 2.45) is 23.7 Å². The molecule has 0 heterocycles. The average Bonchev–Trinajstić information content (AvgIpc) is 2.54. The lowest BCUT2D eigenvalue weighted by Crippen LogP contribution is -2.56. The number of carbonyl (C=O) groups is 2. The highest BCUT2D eigenvalue weighted by Gasteiger charge is 2.54. The Morgan fingerprint density at radius 3 is 2.08 bits per heavy atom. The van der Waals surface area contributed by atoms with E-state index in [9.17, 15) is 24.9 Å². The molecule has 1 rings (SSSR count). The van der Waals surface area contributed by atoms with Crippen molar-refractivity contribution in [2.45, 2.75) is 85.4 Å². The van der Waals surface area contributed by atoms with Gasteiger partial charge in [0.05, 0.1) is 12.0 Å². The van der Waals surface area contributed by atoms with Crippen LogP contribution in [0.4, 0.5) is 0 Å². The molecule has 5 heteroatoms. The van der Waals surface area contributed by atoms with E-state index < -0.39 is 29.3 Å². The van der Waals surface area contributed by atoms with E-state index in [1.165, 1.54) is 0 Å². The molecular weight excluding hydrogens is 332 g/mol. The Morgan fingerprint density at radius 1 is 1.08 bits per heavy atom. The highest BCUT2D eigenvalue weighted by molar-refractivity contribution is 6.04. The number of hydrogen-bond acceptors (Lipinski definition) is 5. The summed E-state index contributed by atoms with van der Waals surface area (Å²) >= 11 is 0. The Balaban J connectivity index is 3.34. The van der Waals surface area contributed by atoms with Crippen LogP contribution >= 0.6 is 0 Å². The predicted octanol–water partition coefficient (Wildman–Crippen LogP) is 3.58. The van der Waals surface area contributed by atoms with Gasteiger partial charge in [-0.25, -0.2) is 0 Å². The first-order chi connectivity index (χ1) is 11.9. The van der Waals surface area contributed by atoms with Gasteiger partial charge in [0.25, 0.3) is 0 Å². The second-order valence-electron chi connectivity index (χ2n) is 8.83. The monoisotopic (exact) mass is 368 g/mol. The van der Waals surface area contributed by atoms with E-state index in [1.807, 2.05) is 27.7 Å². The first-order valence-corrected chi connectivity index (χ1v) is 9.82. The van der Waals surface area contributed by atoms with Crippen LogP contribution in [-0.4, -0.2) is 38.6 Å². The number of ketones is 2. The van der Waals surface area contributed by atoms with E-state index >= 15 is 0 Å². The maximum Gasteiger partial charge on any atom is 0.165 e. The van der Waals surface area contributed by atoms with E-state index in [2.05, 4.69) is 0 Å². The fraction of sp³-hybridized carbons (Fsp3) is 0.810. The Labute approximate surface area is 157 Å². The van der Waals surface area contributed by atoms with Gasteiger partial charge in [-0.05, 0) is 31.1 Å². The van der Waals surface area contributed by atoms with Gasteiger partial charge < -0.3 is 15.3 Å². The number of hydrogen-bond donors (Lipinski definition) is 3. The lowest BCUT2D eigenvalue weighted by atomic mass is 9.67. The minimum Gasteiger partial charge on any atom is -0.509 e. The van der Waals surface area contributed by atoms with Gasteiger partial charge in [-0.2, -0.15) is 0 Å². The molecule has 0 saturated carbocycles. The minimum atomic E-state index is -2.08. The van der Waals surface area contributed by atoms with Crippen LogP contribution in [0.3, 0.4) is 0 Å². The maximum absolute atomic E-state index is 12.8. The topological polar surface area (TPSA) is 94.8 Å². The summed E-state index contributed by atoms with van der Waals surface area (Å²) in [4.78, 5) is 25.2. The smallest absolute Gasteiger partial charge is 0.165 e. The maximum atomic E-state index is 12.8. The quantitative estimate of drug-likeness (QED) is 0.578. The molecule has 0 fully saturated rings. The number of aliphatic hydroxyl groups is 3. The third kappa shape index (κ3) is 4.95. The molecule has 0 saturated heterocycles. The van der Waals surface area contributed by atoms with Gasteiger partial charge in [0.15, 0.2) is 11.4 Å². The van der Waals surface area contributed by atoms with Gasteiger partial charge in [0, 0.05) is 17.9 Å². The summed E-state index contributed by atoms with van der Waals surface area (Å²) in [5.41, 5.74) is -2.13. The molecule has 1 aliphatic rings. The van der Waals surface area contributed by atoms with Crippen LogP contribution in [0.15, 0.2) is 11.3 Å². The van der Waals surface area contributed by atoms with Crippen molar-refractivity contribution >= 4 is 11.6 Å². The lowest BCUT2D eigenvalue weighted by molar-refractivity contribution is -0.152. The molecule has 0 aromatic carbocycles. The molecule has 0 spiro atoms. The van der Waals surface area contributed by atoms with Crippen molar-refractivity contribution in [3.8, 4) is 0 Å². The Kier molecular flexibility index (Phi) is 8.03. The van der Waals surface area contributed by atoms with Crippen LogP contribution in [0.1, 0.15) is 73.6 Å². The summed E-state index contributed by atoms with van der Waals surface area (Å²) in [6.45, 7) is 11.4. The Morgan fingerprint density at radius 2 is 1.62 bits per heavy atom. The van der Waals surface area contributed by atoms with Crippen molar-refractivity contribution in [2.75, 3.05) is 0 Å². The SMILES string of the molecule is CC(C)CCC1C(=O)CC(C(=O)C(C)C)=C(O)[C@]1(O)[C@@H](O)CCC(C)C. The minimum absolute atomic E-state index is 0.0445. The Bertz CT molecular complexity index is 547. The van der Waals surface area contributed by atoms with Gasteiger partial charge in [-0.3, -0.25) is 9.59 Å². The summed E-state index contributed by atoms with van der Waals surface area (Å²) in [7, 11) is 0. The molecule has 150 valence electrons. The lowest BCUT2D eigenvalue weighted by Gasteiger charge is -2.42. The van der Waals surface area contributed by atoms with Crippen LogP contribution in [-0.2, 0) is 9.59 Å². The van der Waals surface area contributed by atoms with Crippen LogP contribution in [0.25, 0.3) is 0 Å². The van der Waals surface area contributed by atoms with Crippen molar-refractivity contribution in [1.29, 1.82) is 0 Å². The molecule has 0 bridgehead atoms. The summed E-state index contributed by atoms with van der Waals surface area (Å²) in [6.07, 6.45) is 0.503. The second kappa shape index (κ2) is 9.14. The van der Waals surface area contributed by atoms with Crippen LogP contribution in [0.2, 0.25) is 0 Å². The normalized spacial score (nSPS) is 25.5. The van der Waals surface area contributed by atoms with Crippen molar-refractivity contribution in [1.82, 2.24) is 0 Å². The van der Waals surface area contributed by atoms with Crippen molar-refractivity contribution in [3.05, 3.63) is 11.3 Å². The molecule has 3 atom stereocenters. The first-order valence-electron chi connectivity index (χ1n) is 9.82. The van der Waals surface area contributed by atoms with Gasteiger partial charge in [0.2, 0.25) is 0 Å². The number of carbonyl (C=O) groups excluding carboxylic acids is 2. The molecule has 0 amide bonds. The van der Waals surface area contributed by atoms with Gasteiger partial charge in [-0.1, -0.05) is 48.0 Å². The van der Waals surface area contributed by atoms with Gasteiger partial charge >= 0.3 is 0 Å². The number of aliphatic hydroxyl groups excluding tert-OH is 2.